The normalized spacial score (nSPS) is 26.5. The zero-order chi connectivity index (χ0) is 13.9. The predicted octanol–water partition coefficient (Wildman–Crippen LogP) is 5.82. The van der Waals surface area contributed by atoms with Gasteiger partial charge in [-0.1, -0.05) is 50.1 Å². The average Bonchev–Trinajstić information content (AvgIpc) is 2.45. The molecule has 0 unspecified atom stereocenters. The minimum atomic E-state index is 0.430. The van der Waals surface area contributed by atoms with Crippen LogP contribution in [0.1, 0.15) is 51.0 Å². The lowest BCUT2D eigenvalue weighted by atomic mass is 9.38. The van der Waals surface area contributed by atoms with E-state index >= 15 is 0 Å². The van der Waals surface area contributed by atoms with Gasteiger partial charge in [0.1, 0.15) is 5.76 Å². The van der Waals surface area contributed by atoms with E-state index in [1.165, 1.54) is 38.5 Å². The van der Waals surface area contributed by atoms with Crippen molar-refractivity contribution >= 4 is 24.3 Å². The van der Waals surface area contributed by atoms with E-state index in [1.807, 2.05) is 12.1 Å². The highest BCUT2D eigenvalue weighted by molar-refractivity contribution is 6.57. The number of halogens is 1. The first-order valence-corrected chi connectivity index (χ1v) is 8.24. The quantitative estimate of drug-likeness (QED) is 0.503. The van der Waals surface area contributed by atoms with Gasteiger partial charge in [-0.05, 0) is 48.9 Å². The summed E-state index contributed by atoms with van der Waals surface area (Å²) in [5, 5.41) is 0.777. The standard InChI is InChI=1S/C17H22BClO/c1-2-17(13-9-11-16(19)12-10-13)20-18-14-5-3-6-15(18)8-4-7-14/h2,9-12,14-15H,3-8H2,1H3/b17-2-. The van der Waals surface area contributed by atoms with E-state index in [4.69, 9.17) is 16.3 Å². The monoisotopic (exact) mass is 288 g/mol. The molecule has 2 aliphatic rings. The summed E-state index contributed by atoms with van der Waals surface area (Å²) in [5.41, 5.74) is 1.14. The molecule has 0 aromatic heterocycles. The van der Waals surface area contributed by atoms with Crippen LogP contribution in [-0.2, 0) is 4.65 Å². The maximum absolute atomic E-state index is 6.45. The Labute approximate surface area is 127 Å². The Bertz CT molecular complexity index is 460. The first-order valence-electron chi connectivity index (χ1n) is 7.87. The molecule has 0 aliphatic carbocycles. The van der Waals surface area contributed by atoms with Gasteiger partial charge in [-0.3, -0.25) is 0 Å². The molecule has 1 aromatic carbocycles. The fraction of sp³-hybridized carbons (Fsp3) is 0.529. The fourth-order valence-corrected chi connectivity index (χ4v) is 4.00. The molecule has 3 heteroatoms. The molecule has 20 heavy (non-hydrogen) atoms. The molecule has 106 valence electrons. The number of benzene rings is 1. The summed E-state index contributed by atoms with van der Waals surface area (Å²) < 4.78 is 6.45. The van der Waals surface area contributed by atoms with E-state index in [0.717, 1.165) is 28.0 Å². The lowest BCUT2D eigenvalue weighted by Crippen LogP contribution is -2.36. The largest absolute Gasteiger partial charge is 0.560 e. The topological polar surface area (TPSA) is 9.23 Å². The van der Waals surface area contributed by atoms with E-state index in [2.05, 4.69) is 25.1 Å². The van der Waals surface area contributed by atoms with Crippen LogP contribution in [0, 0.1) is 0 Å². The van der Waals surface area contributed by atoms with Crippen molar-refractivity contribution in [2.75, 3.05) is 0 Å². The Morgan fingerprint density at radius 2 is 1.65 bits per heavy atom. The van der Waals surface area contributed by atoms with Gasteiger partial charge < -0.3 is 4.65 Å². The highest BCUT2D eigenvalue weighted by Crippen LogP contribution is 2.47. The lowest BCUT2D eigenvalue weighted by Gasteiger charge is -2.39. The summed E-state index contributed by atoms with van der Waals surface area (Å²) in [6.07, 6.45) is 10.3. The molecule has 2 heterocycles. The van der Waals surface area contributed by atoms with Crippen LogP contribution in [0.2, 0.25) is 16.7 Å². The Hall–Kier alpha value is -0.885. The maximum Gasteiger partial charge on any atom is 0.364 e. The molecule has 1 aromatic rings. The third-order valence-electron chi connectivity index (χ3n) is 4.88. The first-order chi connectivity index (χ1) is 9.78. The summed E-state index contributed by atoms with van der Waals surface area (Å²) in [6.45, 7) is 2.49. The van der Waals surface area contributed by atoms with Crippen LogP contribution in [0.25, 0.3) is 5.76 Å². The van der Waals surface area contributed by atoms with Gasteiger partial charge in [0.15, 0.2) is 0 Å². The van der Waals surface area contributed by atoms with Crippen LogP contribution in [-0.4, -0.2) is 6.92 Å². The van der Waals surface area contributed by atoms with Crippen molar-refractivity contribution in [3.8, 4) is 0 Å². The van der Waals surface area contributed by atoms with E-state index in [9.17, 15) is 0 Å². The van der Waals surface area contributed by atoms with E-state index < -0.39 is 0 Å². The van der Waals surface area contributed by atoms with Crippen LogP contribution in [0.3, 0.4) is 0 Å². The van der Waals surface area contributed by atoms with Crippen LogP contribution < -0.4 is 0 Å². The summed E-state index contributed by atoms with van der Waals surface area (Å²) >= 11 is 5.97. The van der Waals surface area contributed by atoms with Gasteiger partial charge in [0.25, 0.3) is 0 Å². The predicted molar refractivity (Wildman–Crippen MR) is 87.1 cm³/mol. The van der Waals surface area contributed by atoms with Crippen molar-refractivity contribution in [3.63, 3.8) is 0 Å². The molecule has 0 N–H and O–H groups in total. The van der Waals surface area contributed by atoms with Crippen LogP contribution in [0.15, 0.2) is 30.3 Å². The number of hydrogen-bond acceptors (Lipinski definition) is 1. The first kappa shape index (κ1) is 14.1. The van der Waals surface area contributed by atoms with Crippen LogP contribution in [0.5, 0.6) is 0 Å². The summed E-state index contributed by atoms with van der Waals surface area (Å²) in [6, 6.07) is 7.98. The van der Waals surface area contributed by atoms with Crippen molar-refractivity contribution in [1.82, 2.24) is 0 Å². The van der Waals surface area contributed by atoms with Crippen molar-refractivity contribution in [1.29, 1.82) is 0 Å². The van der Waals surface area contributed by atoms with Gasteiger partial charge >= 0.3 is 6.92 Å². The summed E-state index contributed by atoms with van der Waals surface area (Å²) in [7, 11) is 0. The van der Waals surface area contributed by atoms with E-state index in [0.29, 0.717) is 6.92 Å². The van der Waals surface area contributed by atoms with Gasteiger partial charge in [0.05, 0.1) is 0 Å². The lowest BCUT2D eigenvalue weighted by molar-refractivity contribution is 0.367. The number of rotatable bonds is 3. The average molecular weight is 289 g/mol. The van der Waals surface area contributed by atoms with Crippen molar-refractivity contribution in [2.24, 2.45) is 0 Å². The molecule has 2 aliphatic heterocycles. The Kier molecular flexibility index (Phi) is 4.40. The van der Waals surface area contributed by atoms with E-state index in [1.54, 1.807) is 0 Å². The molecular formula is C17H22BClO. The van der Waals surface area contributed by atoms with Crippen molar-refractivity contribution < 1.29 is 4.65 Å². The zero-order valence-corrected chi connectivity index (χ0v) is 12.9. The molecule has 0 radical (unpaired) electrons. The molecule has 0 amide bonds. The summed E-state index contributed by atoms with van der Waals surface area (Å²) in [5.74, 6) is 2.56. The van der Waals surface area contributed by atoms with Crippen molar-refractivity contribution in [2.45, 2.75) is 57.1 Å². The SMILES string of the molecule is C/C=C(\OB1C2CCCC1CCC2)c1ccc(Cl)cc1. The zero-order valence-electron chi connectivity index (χ0n) is 12.1. The van der Waals surface area contributed by atoms with Gasteiger partial charge in [0.2, 0.25) is 0 Å². The molecule has 0 spiro atoms. The third-order valence-corrected chi connectivity index (χ3v) is 5.13. The van der Waals surface area contributed by atoms with Gasteiger partial charge in [-0.25, -0.2) is 0 Å². The second-order valence-electron chi connectivity index (χ2n) is 6.12. The van der Waals surface area contributed by atoms with E-state index in [-0.39, 0.29) is 0 Å². The highest BCUT2D eigenvalue weighted by atomic mass is 35.5. The minimum absolute atomic E-state index is 0.430. The molecule has 0 atom stereocenters. The minimum Gasteiger partial charge on any atom is -0.560 e. The number of hydrogen-bond donors (Lipinski definition) is 0. The Morgan fingerprint density at radius 1 is 1.10 bits per heavy atom. The van der Waals surface area contributed by atoms with Crippen LogP contribution in [0.4, 0.5) is 0 Å². The Balaban J connectivity index is 1.76. The fourth-order valence-electron chi connectivity index (χ4n) is 3.87. The molecular weight excluding hydrogens is 266 g/mol. The van der Waals surface area contributed by atoms with Gasteiger partial charge in [0, 0.05) is 10.6 Å². The molecule has 2 bridgehead atoms. The second-order valence-corrected chi connectivity index (χ2v) is 6.56. The van der Waals surface area contributed by atoms with Crippen molar-refractivity contribution in [3.05, 3.63) is 40.9 Å². The molecule has 2 saturated heterocycles. The number of allylic oxidation sites excluding steroid dienone is 1. The smallest absolute Gasteiger partial charge is 0.364 e. The molecule has 0 saturated carbocycles. The van der Waals surface area contributed by atoms with Gasteiger partial charge in [-0.15, -0.1) is 0 Å². The molecule has 3 rings (SSSR count). The highest BCUT2D eigenvalue weighted by Gasteiger charge is 2.42. The number of fused-ring (bicyclic) bond motifs is 2. The second kappa shape index (κ2) is 6.26. The Morgan fingerprint density at radius 3 is 2.15 bits per heavy atom. The molecule has 1 nitrogen and oxygen atoms in total. The third kappa shape index (κ3) is 2.91. The van der Waals surface area contributed by atoms with Gasteiger partial charge in [-0.2, -0.15) is 0 Å². The summed E-state index contributed by atoms with van der Waals surface area (Å²) in [4.78, 5) is 0. The molecule has 2 fully saturated rings. The maximum atomic E-state index is 6.45. The van der Waals surface area contributed by atoms with Crippen LogP contribution >= 0.6 is 11.6 Å².